The fraction of sp³-hybridized carbons (Fsp3) is 0.350. The van der Waals surface area contributed by atoms with Crippen LogP contribution in [0.25, 0.3) is 0 Å². The highest BCUT2D eigenvalue weighted by Gasteiger charge is 2.20. The lowest BCUT2D eigenvalue weighted by Crippen LogP contribution is -2.33. The van der Waals surface area contributed by atoms with Crippen molar-refractivity contribution in [2.24, 2.45) is 0 Å². The van der Waals surface area contributed by atoms with E-state index in [0.717, 1.165) is 12.0 Å². The van der Waals surface area contributed by atoms with Crippen LogP contribution >= 0.6 is 0 Å². The maximum absolute atomic E-state index is 12.7. The van der Waals surface area contributed by atoms with E-state index >= 15 is 0 Å². The first kappa shape index (κ1) is 20.1. The van der Waals surface area contributed by atoms with Gasteiger partial charge < -0.3 is 5.32 Å². The van der Waals surface area contributed by atoms with Gasteiger partial charge >= 0.3 is 0 Å². The maximum atomic E-state index is 12.7. The molecule has 0 bridgehead atoms. The molecular weight excluding hydrogens is 348 g/mol. The first-order chi connectivity index (χ1) is 12.3. The van der Waals surface area contributed by atoms with Gasteiger partial charge in [0.15, 0.2) is 0 Å². The number of aryl methyl sites for hydroxylation is 2. The number of carbonyl (C=O) groups excluding carboxylic acids is 1. The van der Waals surface area contributed by atoms with Crippen molar-refractivity contribution in [2.45, 2.75) is 44.6 Å². The SMILES string of the molecule is CCNC(=O)c1cc(S(=O)(=O)N[C@@H](C)CCc2ccccc2)ccc1C. The summed E-state index contributed by atoms with van der Waals surface area (Å²) in [4.78, 5) is 12.2. The number of amides is 1. The Morgan fingerprint density at radius 2 is 1.81 bits per heavy atom. The van der Waals surface area contributed by atoms with E-state index < -0.39 is 10.0 Å². The van der Waals surface area contributed by atoms with Crippen LogP contribution in [0, 0.1) is 6.92 Å². The number of nitrogens with one attached hydrogen (secondary N) is 2. The van der Waals surface area contributed by atoms with Crippen molar-refractivity contribution in [1.29, 1.82) is 0 Å². The summed E-state index contributed by atoms with van der Waals surface area (Å²) in [5, 5.41) is 2.71. The molecule has 2 aromatic carbocycles. The molecule has 26 heavy (non-hydrogen) atoms. The maximum Gasteiger partial charge on any atom is 0.251 e. The Morgan fingerprint density at radius 3 is 2.46 bits per heavy atom. The minimum atomic E-state index is -3.68. The highest BCUT2D eigenvalue weighted by molar-refractivity contribution is 7.89. The average Bonchev–Trinajstić information content (AvgIpc) is 2.61. The van der Waals surface area contributed by atoms with Crippen LogP contribution < -0.4 is 10.0 Å². The van der Waals surface area contributed by atoms with E-state index in [9.17, 15) is 13.2 Å². The van der Waals surface area contributed by atoms with Crippen LogP contribution in [0.4, 0.5) is 0 Å². The molecule has 0 saturated heterocycles. The van der Waals surface area contributed by atoms with Crippen molar-refractivity contribution in [1.82, 2.24) is 10.0 Å². The second-order valence-electron chi connectivity index (χ2n) is 6.38. The van der Waals surface area contributed by atoms with E-state index in [1.54, 1.807) is 13.0 Å². The molecule has 2 rings (SSSR count). The van der Waals surface area contributed by atoms with Crippen molar-refractivity contribution in [2.75, 3.05) is 6.54 Å². The summed E-state index contributed by atoms with van der Waals surface area (Å²) < 4.78 is 28.0. The first-order valence-electron chi connectivity index (χ1n) is 8.78. The Labute approximate surface area is 155 Å². The summed E-state index contributed by atoms with van der Waals surface area (Å²) in [5.74, 6) is -0.265. The Hall–Kier alpha value is -2.18. The van der Waals surface area contributed by atoms with Gasteiger partial charge in [-0.1, -0.05) is 36.4 Å². The molecule has 0 aliphatic rings. The largest absolute Gasteiger partial charge is 0.352 e. The Balaban J connectivity index is 2.09. The van der Waals surface area contributed by atoms with Gasteiger partial charge in [0.05, 0.1) is 4.90 Å². The smallest absolute Gasteiger partial charge is 0.251 e. The normalized spacial score (nSPS) is 12.6. The van der Waals surface area contributed by atoms with Gasteiger partial charge in [-0.05, 0) is 56.9 Å². The highest BCUT2D eigenvalue weighted by atomic mass is 32.2. The lowest BCUT2D eigenvalue weighted by atomic mass is 10.1. The van der Waals surface area contributed by atoms with Crippen LogP contribution in [0.1, 0.15) is 41.8 Å². The lowest BCUT2D eigenvalue weighted by molar-refractivity contribution is 0.0955. The average molecular weight is 375 g/mol. The summed E-state index contributed by atoms with van der Waals surface area (Å²) in [6.07, 6.45) is 1.49. The number of carbonyl (C=O) groups is 1. The van der Waals surface area contributed by atoms with Gasteiger partial charge in [-0.25, -0.2) is 13.1 Å². The fourth-order valence-corrected chi connectivity index (χ4v) is 3.99. The van der Waals surface area contributed by atoms with E-state index in [0.29, 0.717) is 18.5 Å². The second kappa shape index (κ2) is 8.96. The monoisotopic (exact) mass is 374 g/mol. The molecule has 1 amide bonds. The summed E-state index contributed by atoms with van der Waals surface area (Å²) in [6, 6.07) is 14.4. The number of hydrogen-bond acceptors (Lipinski definition) is 3. The van der Waals surface area contributed by atoms with Crippen LogP contribution in [0.2, 0.25) is 0 Å². The van der Waals surface area contributed by atoms with Gasteiger partial charge in [-0.2, -0.15) is 0 Å². The van der Waals surface area contributed by atoms with E-state index in [1.165, 1.54) is 17.7 Å². The molecule has 0 radical (unpaired) electrons. The van der Waals surface area contributed by atoms with Crippen LogP contribution in [0.3, 0.4) is 0 Å². The topological polar surface area (TPSA) is 75.3 Å². The van der Waals surface area contributed by atoms with Gasteiger partial charge in [0, 0.05) is 18.2 Å². The standard InChI is InChI=1S/C20H26N2O3S/c1-4-21-20(23)19-14-18(13-10-15(19)2)26(24,25)22-16(3)11-12-17-8-6-5-7-9-17/h5-10,13-14,16,22H,4,11-12H2,1-3H3,(H,21,23)/t16-/m0/s1. The molecule has 0 aromatic heterocycles. The number of sulfonamides is 1. The van der Waals surface area contributed by atoms with E-state index in [2.05, 4.69) is 10.0 Å². The van der Waals surface area contributed by atoms with Crippen LogP contribution in [-0.4, -0.2) is 26.9 Å². The predicted molar refractivity (Wildman–Crippen MR) is 104 cm³/mol. The third-order valence-corrected chi connectivity index (χ3v) is 5.75. The molecule has 5 nitrogen and oxygen atoms in total. The third kappa shape index (κ3) is 5.41. The number of hydrogen-bond donors (Lipinski definition) is 2. The summed E-state index contributed by atoms with van der Waals surface area (Å²) in [7, 11) is -3.68. The van der Waals surface area contributed by atoms with Crippen molar-refractivity contribution < 1.29 is 13.2 Å². The Morgan fingerprint density at radius 1 is 1.12 bits per heavy atom. The molecule has 140 valence electrons. The van der Waals surface area contributed by atoms with Gasteiger partial charge in [-0.3, -0.25) is 4.79 Å². The third-order valence-electron chi connectivity index (χ3n) is 4.17. The van der Waals surface area contributed by atoms with Gasteiger partial charge in [0.2, 0.25) is 10.0 Å². The molecule has 6 heteroatoms. The summed E-state index contributed by atoms with van der Waals surface area (Å²) in [5.41, 5.74) is 2.30. The predicted octanol–water partition coefficient (Wildman–Crippen LogP) is 3.04. The molecule has 0 unspecified atom stereocenters. The van der Waals surface area contributed by atoms with Crippen LogP contribution in [0.5, 0.6) is 0 Å². The lowest BCUT2D eigenvalue weighted by Gasteiger charge is -2.15. The van der Waals surface area contributed by atoms with Crippen LogP contribution in [-0.2, 0) is 16.4 Å². The van der Waals surface area contributed by atoms with E-state index in [1.807, 2.05) is 44.2 Å². The van der Waals surface area contributed by atoms with Crippen molar-refractivity contribution >= 4 is 15.9 Å². The molecule has 0 aliphatic carbocycles. The molecular formula is C20H26N2O3S. The Bertz CT molecular complexity index is 849. The zero-order chi connectivity index (χ0) is 19.2. The van der Waals surface area contributed by atoms with Gasteiger partial charge in [0.1, 0.15) is 0 Å². The Kier molecular flexibility index (Phi) is 6.94. The zero-order valence-corrected chi connectivity index (χ0v) is 16.3. The molecule has 0 fully saturated rings. The second-order valence-corrected chi connectivity index (χ2v) is 8.10. The molecule has 0 heterocycles. The van der Waals surface area contributed by atoms with Gasteiger partial charge in [-0.15, -0.1) is 0 Å². The van der Waals surface area contributed by atoms with Crippen molar-refractivity contribution in [3.63, 3.8) is 0 Å². The van der Waals surface area contributed by atoms with Crippen molar-refractivity contribution in [3.8, 4) is 0 Å². The minimum absolute atomic E-state index is 0.107. The van der Waals surface area contributed by atoms with Crippen LogP contribution in [0.15, 0.2) is 53.4 Å². The molecule has 0 spiro atoms. The summed E-state index contributed by atoms with van der Waals surface area (Å²) >= 11 is 0. The quantitative estimate of drug-likeness (QED) is 0.746. The molecule has 1 atom stereocenters. The fourth-order valence-electron chi connectivity index (χ4n) is 2.69. The highest BCUT2D eigenvalue weighted by Crippen LogP contribution is 2.17. The molecule has 0 saturated carbocycles. The molecule has 2 aromatic rings. The van der Waals surface area contributed by atoms with E-state index in [4.69, 9.17) is 0 Å². The summed E-state index contributed by atoms with van der Waals surface area (Å²) in [6.45, 7) is 5.95. The van der Waals surface area contributed by atoms with Gasteiger partial charge in [0.25, 0.3) is 5.91 Å². The minimum Gasteiger partial charge on any atom is -0.352 e. The molecule has 2 N–H and O–H groups in total. The first-order valence-corrected chi connectivity index (χ1v) is 10.3. The number of rotatable bonds is 8. The van der Waals surface area contributed by atoms with E-state index in [-0.39, 0.29) is 16.8 Å². The number of benzene rings is 2. The molecule has 0 aliphatic heterocycles. The zero-order valence-electron chi connectivity index (χ0n) is 15.5. The van der Waals surface area contributed by atoms with Crippen molar-refractivity contribution in [3.05, 3.63) is 65.2 Å².